The van der Waals surface area contributed by atoms with Crippen LogP contribution in [0.1, 0.15) is 55.4 Å². The minimum atomic E-state index is 0.500. The van der Waals surface area contributed by atoms with E-state index in [4.69, 9.17) is 0 Å². The molecule has 0 saturated carbocycles. The molecule has 0 aromatic carbocycles. The maximum absolute atomic E-state index is 4.33. The van der Waals surface area contributed by atoms with E-state index in [0.29, 0.717) is 5.41 Å². The highest BCUT2D eigenvalue weighted by atomic mass is 16.5. The van der Waals surface area contributed by atoms with Gasteiger partial charge in [0.15, 0.2) is 0 Å². The monoisotopic (exact) mass is 201 g/mol. The van der Waals surface area contributed by atoms with Gasteiger partial charge < -0.3 is 4.52 Å². The Morgan fingerprint density at radius 3 is 1.36 bits per heavy atom. The Kier molecular flexibility index (Phi) is 19.9. The van der Waals surface area contributed by atoms with Gasteiger partial charge in [-0.3, -0.25) is 0 Å². The normalized spacial score (nSPS) is 8.00. The zero-order chi connectivity index (χ0) is 12.0. The summed E-state index contributed by atoms with van der Waals surface area (Å²) in [6.45, 7) is 16.8. The Morgan fingerprint density at radius 1 is 0.929 bits per heavy atom. The van der Waals surface area contributed by atoms with E-state index in [1.165, 1.54) is 6.26 Å². The molecule has 0 amide bonds. The first-order chi connectivity index (χ1) is 6.50. The second kappa shape index (κ2) is 14.7. The molecule has 0 fully saturated rings. The fourth-order valence-electron chi connectivity index (χ4n) is 0.176. The first-order valence-corrected chi connectivity index (χ1v) is 5.34. The van der Waals surface area contributed by atoms with Crippen molar-refractivity contribution in [2.24, 2.45) is 5.41 Å². The molecule has 0 bridgehead atoms. The zero-order valence-corrected chi connectivity index (χ0v) is 11.1. The molecule has 1 aromatic rings. The summed E-state index contributed by atoms with van der Waals surface area (Å²) in [4.78, 5) is 0. The van der Waals surface area contributed by atoms with E-state index in [0.717, 1.165) is 0 Å². The molecule has 1 aromatic heterocycles. The van der Waals surface area contributed by atoms with Crippen molar-refractivity contribution in [2.45, 2.75) is 55.4 Å². The smallest absolute Gasteiger partial charge is 0.123 e. The summed E-state index contributed by atoms with van der Waals surface area (Å²) in [6.07, 6.45) is 3.10. The molecule has 0 N–H and O–H groups in total. The van der Waals surface area contributed by atoms with Gasteiger partial charge in [0.1, 0.15) is 6.26 Å². The van der Waals surface area contributed by atoms with Crippen molar-refractivity contribution in [3.8, 4) is 0 Å². The number of hydrogen-bond donors (Lipinski definition) is 0. The van der Waals surface area contributed by atoms with E-state index in [2.05, 4.69) is 37.4 Å². The van der Waals surface area contributed by atoms with Crippen LogP contribution in [0.3, 0.4) is 0 Å². The van der Waals surface area contributed by atoms with Gasteiger partial charge in [-0.25, -0.2) is 0 Å². The molecule has 14 heavy (non-hydrogen) atoms. The molecule has 86 valence electrons. The highest BCUT2D eigenvalue weighted by Gasteiger charge is 1.95. The highest BCUT2D eigenvalue weighted by Crippen LogP contribution is 2.07. The molecule has 2 nitrogen and oxygen atoms in total. The fraction of sp³-hybridized carbons (Fsp3) is 0.750. The standard InChI is InChI=1S/C5H12.C3H3NO.2C2H6/c1-5(2,3)4;1-2-4-5-3-1;2*1-2/h1-4H3;1-3H;2*1-2H3. The number of rotatable bonds is 0. The molecule has 0 atom stereocenters. The molecule has 0 saturated heterocycles. The Labute approximate surface area is 89.7 Å². The molecule has 0 spiro atoms. The topological polar surface area (TPSA) is 26.0 Å². The zero-order valence-electron chi connectivity index (χ0n) is 11.1. The molecule has 1 rings (SSSR count). The van der Waals surface area contributed by atoms with Crippen LogP contribution in [0.2, 0.25) is 0 Å². The summed E-state index contributed by atoms with van der Waals surface area (Å²) in [5.74, 6) is 0. The lowest BCUT2D eigenvalue weighted by Gasteiger charge is -2.05. The Morgan fingerprint density at radius 2 is 1.29 bits per heavy atom. The van der Waals surface area contributed by atoms with Crippen LogP contribution in [0.5, 0.6) is 0 Å². The molecular weight excluding hydrogens is 174 g/mol. The summed E-state index contributed by atoms with van der Waals surface area (Å²) in [7, 11) is 0. The third-order valence-corrected chi connectivity index (χ3v) is 0.347. The van der Waals surface area contributed by atoms with Crippen LogP contribution < -0.4 is 0 Å². The number of aromatic nitrogens is 1. The minimum Gasteiger partial charge on any atom is -0.365 e. The first-order valence-electron chi connectivity index (χ1n) is 5.34. The Hall–Kier alpha value is -0.790. The maximum atomic E-state index is 4.33. The van der Waals surface area contributed by atoms with Crippen molar-refractivity contribution in [3.63, 3.8) is 0 Å². The van der Waals surface area contributed by atoms with Crippen molar-refractivity contribution in [1.29, 1.82) is 0 Å². The summed E-state index contributed by atoms with van der Waals surface area (Å²) in [6, 6.07) is 1.72. The molecule has 2 heteroatoms. The van der Waals surface area contributed by atoms with Gasteiger partial charge in [0.05, 0.1) is 6.20 Å². The third-order valence-electron chi connectivity index (χ3n) is 0.347. The summed E-state index contributed by atoms with van der Waals surface area (Å²) in [5.41, 5.74) is 0.500. The Balaban J connectivity index is -0.000000128. The van der Waals surface area contributed by atoms with Crippen LogP contribution in [0.4, 0.5) is 0 Å². The second-order valence-electron chi connectivity index (χ2n) is 3.69. The summed E-state index contributed by atoms with van der Waals surface area (Å²) in [5, 5.41) is 3.35. The van der Waals surface area contributed by atoms with E-state index in [1.54, 1.807) is 12.3 Å². The van der Waals surface area contributed by atoms with Gasteiger partial charge in [0.2, 0.25) is 0 Å². The summed E-state index contributed by atoms with van der Waals surface area (Å²) >= 11 is 0. The van der Waals surface area contributed by atoms with Crippen LogP contribution >= 0.6 is 0 Å². The van der Waals surface area contributed by atoms with Crippen LogP contribution in [-0.4, -0.2) is 5.16 Å². The van der Waals surface area contributed by atoms with E-state index in [1.807, 2.05) is 27.7 Å². The van der Waals surface area contributed by atoms with E-state index >= 15 is 0 Å². The van der Waals surface area contributed by atoms with Crippen molar-refractivity contribution < 1.29 is 4.52 Å². The third kappa shape index (κ3) is 65.9. The van der Waals surface area contributed by atoms with Crippen molar-refractivity contribution in [1.82, 2.24) is 5.16 Å². The van der Waals surface area contributed by atoms with Gasteiger partial charge in [-0.15, -0.1) is 0 Å². The average Bonchev–Trinajstić information content (AvgIpc) is 2.64. The van der Waals surface area contributed by atoms with Gasteiger partial charge in [-0.2, -0.15) is 0 Å². The van der Waals surface area contributed by atoms with Crippen LogP contribution in [0, 0.1) is 5.41 Å². The molecule has 0 radical (unpaired) electrons. The lowest BCUT2D eigenvalue weighted by Crippen LogP contribution is -1.93. The number of nitrogens with zero attached hydrogens (tertiary/aromatic N) is 1. The fourth-order valence-corrected chi connectivity index (χ4v) is 0.176. The van der Waals surface area contributed by atoms with E-state index in [9.17, 15) is 0 Å². The quantitative estimate of drug-likeness (QED) is 0.603. The number of hydrogen-bond acceptors (Lipinski definition) is 2. The van der Waals surface area contributed by atoms with Crippen LogP contribution in [-0.2, 0) is 0 Å². The van der Waals surface area contributed by atoms with Crippen molar-refractivity contribution in [3.05, 3.63) is 18.5 Å². The molecular formula is C12H27NO. The second-order valence-corrected chi connectivity index (χ2v) is 3.69. The van der Waals surface area contributed by atoms with Gasteiger partial charge in [0.25, 0.3) is 0 Å². The average molecular weight is 201 g/mol. The van der Waals surface area contributed by atoms with Crippen LogP contribution in [0.25, 0.3) is 0 Å². The van der Waals surface area contributed by atoms with Gasteiger partial charge in [0, 0.05) is 0 Å². The lowest BCUT2D eigenvalue weighted by molar-refractivity contribution is 0.420. The molecule has 0 aliphatic heterocycles. The van der Waals surface area contributed by atoms with Gasteiger partial charge in [-0.05, 0) is 11.5 Å². The van der Waals surface area contributed by atoms with Crippen molar-refractivity contribution in [2.75, 3.05) is 0 Å². The van der Waals surface area contributed by atoms with Gasteiger partial charge >= 0.3 is 0 Å². The SMILES string of the molecule is CC.CC.CC(C)(C)C.c1cnoc1. The largest absolute Gasteiger partial charge is 0.365 e. The highest BCUT2D eigenvalue weighted by molar-refractivity contribution is 4.67. The lowest BCUT2D eigenvalue weighted by atomic mass is 10.0. The molecule has 1 heterocycles. The Bertz CT molecular complexity index is 117. The molecule has 0 unspecified atom stereocenters. The minimum absolute atomic E-state index is 0.500. The first kappa shape index (κ1) is 18.9. The van der Waals surface area contributed by atoms with E-state index < -0.39 is 0 Å². The predicted molar refractivity (Wildman–Crippen MR) is 64.3 cm³/mol. The van der Waals surface area contributed by atoms with Gasteiger partial charge in [-0.1, -0.05) is 60.5 Å². The molecule has 0 aliphatic carbocycles. The molecule has 0 aliphatic rings. The maximum Gasteiger partial charge on any atom is 0.123 e. The van der Waals surface area contributed by atoms with E-state index in [-0.39, 0.29) is 0 Å². The van der Waals surface area contributed by atoms with Crippen molar-refractivity contribution >= 4 is 0 Å². The van der Waals surface area contributed by atoms with Crippen LogP contribution in [0.15, 0.2) is 23.0 Å². The predicted octanol–water partition coefficient (Wildman–Crippen LogP) is 4.78. The summed E-state index contributed by atoms with van der Waals surface area (Å²) < 4.78 is 4.33.